The summed E-state index contributed by atoms with van der Waals surface area (Å²) in [5.74, 6) is 0.597. The Morgan fingerprint density at radius 2 is 1.47 bits per heavy atom. The number of aromatic nitrogens is 5. The minimum atomic E-state index is -0.163. The Bertz CT molecular complexity index is 1800. The Kier molecular flexibility index (Phi) is 4.71. The zero-order chi connectivity index (χ0) is 23.4. The fourth-order valence-electron chi connectivity index (χ4n) is 4.46. The third-order valence-electron chi connectivity index (χ3n) is 6.20. The van der Waals surface area contributed by atoms with Gasteiger partial charge in [-0.25, -0.2) is 15.0 Å². The molecule has 6 nitrogen and oxygen atoms in total. The average Bonchev–Trinajstić information content (AvgIpc) is 3.14. The second kappa shape index (κ2) is 7.78. The monoisotopic (exact) mass is 465 g/mol. The first-order chi connectivity index (χ1) is 16.5. The molecule has 0 aliphatic heterocycles. The molecule has 0 aliphatic rings. The number of fused-ring (bicyclic) bond motifs is 4. The standard InChI is InChI=1S/C27H20ClN5O/c1-16-9-3-8-14-22(16)33-25-23(24-26(33)31-21-13-7-6-12-20(21)30-24)27(34)32(17(2)29-25)15-18-10-4-5-11-19(18)28/h3-14H,15H2,1-2H3. The largest absolute Gasteiger partial charge is 0.292 e. The third kappa shape index (κ3) is 3.10. The summed E-state index contributed by atoms with van der Waals surface area (Å²) in [4.78, 5) is 28.7. The van der Waals surface area contributed by atoms with Crippen LogP contribution in [0.4, 0.5) is 0 Å². The van der Waals surface area contributed by atoms with Crippen molar-refractivity contribution in [2.24, 2.45) is 0 Å². The Labute approximate surface area is 200 Å². The summed E-state index contributed by atoms with van der Waals surface area (Å²) in [6, 6.07) is 23.2. The number of para-hydroxylation sites is 3. The van der Waals surface area contributed by atoms with Gasteiger partial charge >= 0.3 is 0 Å². The summed E-state index contributed by atoms with van der Waals surface area (Å²) in [6.07, 6.45) is 0. The summed E-state index contributed by atoms with van der Waals surface area (Å²) < 4.78 is 3.61. The highest BCUT2D eigenvalue weighted by atomic mass is 35.5. The Hall–Kier alpha value is -4.03. The van der Waals surface area contributed by atoms with Crippen molar-refractivity contribution in [1.82, 2.24) is 24.1 Å². The van der Waals surface area contributed by atoms with Crippen molar-refractivity contribution in [1.29, 1.82) is 0 Å². The highest BCUT2D eigenvalue weighted by Crippen LogP contribution is 2.30. The van der Waals surface area contributed by atoms with Crippen molar-refractivity contribution >= 4 is 44.8 Å². The first kappa shape index (κ1) is 20.6. The molecule has 3 aromatic carbocycles. The van der Waals surface area contributed by atoms with E-state index in [0.717, 1.165) is 27.8 Å². The van der Waals surface area contributed by atoms with Crippen LogP contribution in [0, 0.1) is 13.8 Å². The molecule has 3 aromatic heterocycles. The molecule has 0 atom stereocenters. The summed E-state index contributed by atoms with van der Waals surface area (Å²) in [7, 11) is 0. The molecule has 0 bridgehead atoms. The predicted octanol–water partition coefficient (Wildman–Crippen LogP) is 5.60. The van der Waals surface area contributed by atoms with Gasteiger partial charge in [-0.15, -0.1) is 0 Å². The second-order valence-electron chi connectivity index (χ2n) is 8.35. The molecule has 0 saturated heterocycles. The van der Waals surface area contributed by atoms with Crippen LogP contribution in [0.25, 0.3) is 38.9 Å². The second-order valence-corrected chi connectivity index (χ2v) is 8.75. The summed E-state index contributed by atoms with van der Waals surface area (Å²) >= 11 is 6.40. The molecular formula is C27H20ClN5O. The van der Waals surface area contributed by atoms with Crippen molar-refractivity contribution in [3.8, 4) is 5.69 Å². The Morgan fingerprint density at radius 1 is 0.794 bits per heavy atom. The molecule has 0 spiro atoms. The number of hydrogen-bond acceptors (Lipinski definition) is 4. The lowest BCUT2D eigenvalue weighted by molar-refractivity contribution is 0.711. The van der Waals surface area contributed by atoms with Gasteiger partial charge in [-0.2, -0.15) is 0 Å². The minimum absolute atomic E-state index is 0.163. The quantitative estimate of drug-likeness (QED) is 0.341. The van der Waals surface area contributed by atoms with Gasteiger partial charge in [0.05, 0.1) is 23.3 Å². The van der Waals surface area contributed by atoms with E-state index in [0.29, 0.717) is 39.6 Å². The van der Waals surface area contributed by atoms with E-state index in [1.165, 1.54) is 0 Å². The normalized spacial score (nSPS) is 11.6. The maximum Gasteiger partial charge on any atom is 0.265 e. The third-order valence-corrected chi connectivity index (χ3v) is 6.56. The van der Waals surface area contributed by atoms with E-state index in [1.807, 2.05) is 91.2 Å². The van der Waals surface area contributed by atoms with Gasteiger partial charge in [-0.05, 0) is 49.2 Å². The van der Waals surface area contributed by atoms with Crippen LogP contribution in [-0.2, 0) is 6.54 Å². The lowest BCUT2D eigenvalue weighted by Crippen LogP contribution is -2.24. The number of aryl methyl sites for hydroxylation is 2. The zero-order valence-corrected chi connectivity index (χ0v) is 19.4. The molecule has 0 unspecified atom stereocenters. The summed E-state index contributed by atoms with van der Waals surface area (Å²) in [6.45, 7) is 4.20. The number of benzene rings is 3. The lowest BCUT2D eigenvalue weighted by Gasteiger charge is -2.13. The van der Waals surface area contributed by atoms with Gasteiger partial charge in [0.1, 0.15) is 16.7 Å². The molecule has 0 amide bonds. The Balaban J connectivity index is 1.75. The minimum Gasteiger partial charge on any atom is -0.292 e. The summed E-state index contributed by atoms with van der Waals surface area (Å²) in [5.41, 5.74) is 5.87. The van der Waals surface area contributed by atoms with Crippen LogP contribution < -0.4 is 5.56 Å². The molecule has 3 heterocycles. The van der Waals surface area contributed by atoms with Crippen LogP contribution in [0.3, 0.4) is 0 Å². The van der Waals surface area contributed by atoms with Gasteiger partial charge in [0, 0.05) is 5.02 Å². The highest BCUT2D eigenvalue weighted by Gasteiger charge is 2.23. The fraction of sp³-hybridized carbons (Fsp3) is 0.111. The molecule has 6 rings (SSSR count). The van der Waals surface area contributed by atoms with E-state index < -0.39 is 0 Å². The molecule has 0 radical (unpaired) electrons. The number of hydrogen-bond donors (Lipinski definition) is 0. The van der Waals surface area contributed by atoms with E-state index in [2.05, 4.69) is 0 Å². The molecule has 7 heteroatoms. The van der Waals surface area contributed by atoms with Crippen LogP contribution in [-0.4, -0.2) is 24.1 Å². The maximum atomic E-state index is 13.9. The van der Waals surface area contributed by atoms with Crippen molar-refractivity contribution in [3.05, 3.63) is 105 Å². The lowest BCUT2D eigenvalue weighted by atomic mass is 10.2. The number of rotatable bonds is 3. The first-order valence-corrected chi connectivity index (χ1v) is 11.4. The van der Waals surface area contributed by atoms with Crippen molar-refractivity contribution in [2.45, 2.75) is 20.4 Å². The highest BCUT2D eigenvalue weighted by molar-refractivity contribution is 6.31. The molecule has 34 heavy (non-hydrogen) atoms. The van der Waals surface area contributed by atoms with E-state index in [9.17, 15) is 4.79 Å². The molecule has 0 aliphatic carbocycles. The molecule has 6 aromatic rings. The number of nitrogens with zero attached hydrogens (tertiary/aromatic N) is 5. The maximum absolute atomic E-state index is 13.9. The van der Waals surface area contributed by atoms with Crippen LogP contribution >= 0.6 is 11.6 Å². The molecule has 0 N–H and O–H groups in total. The van der Waals surface area contributed by atoms with Gasteiger partial charge in [0.15, 0.2) is 11.3 Å². The van der Waals surface area contributed by atoms with Crippen molar-refractivity contribution in [2.75, 3.05) is 0 Å². The van der Waals surface area contributed by atoms with Crippen LogP contribution in [0.1, 0.15) is 17.0 Å². The van der Waals surface area contributed by atoms with Gasteiger partial charge in [0.2, 0.25) is 0 Å². The zero-order valence-electron chi connectivity index (χ0n) is 18.7. The smallest absolute Gasteiger partial charge is 0.265 e. The van der Waals surface area contributed by atoms with E-state index in [4.69, 9.17) is 26.6 Å². The van der Waals surface area contributed by atoms with Gasteiger partial charge in [0.25, 0.3) is 5.56 Å². The van der Waals surface area contributed by atoms with Gasteiger partial charge in [-0.1, -0.05) is 60.1 Å². The topological polar surface area (TPSA) is 65.6 Å². The van der Waals surface area contributed by atoms with Gasteiger partial charge < -0.3 is 0 Å². The van der Waals surface area contributed by atoms with Crippen LogP contribution in [0.15, 0.2) is 77.6 Å². The number of halogens is 1. The average molecular weight is 466 g/mol. The van der Waals surface area contributed by atoms with E-state index in [1.54, 1.807) is 4.57 Å². The SMILES string of the molecule is Cc1ccccc1-n1c2nc3ccccc3nc2c2c(=O)n(Cc3ccccc3Cl)c(C)nc21. The van der Waals surface area contributed by atoms with Crippen LogP contribution in [0.5, 0.6) is 0 Å². The van der Waals surface area contributed by atoms with Crippen LogP contribution in [0.2, 0.25) is 5.02 Å². The summed E-state index contributed by atoms with van der Waals surface area (Å²) in [5, 5.41) is 1.07. The van der Waals surface area contributed by atoms with E-state index in [-0.39, 0.29) is 5.56 Å². The first-order valence-electron chi connectivity index (χ1n) is 11.0. The molecular weight excluding hydrogens is 446 g/mol. The fourth-order valence-corrected chi connectivity index (χ4v) is 4.65. The Morgan fingerprint density at radius 3 is 2.24 bits per heavy atom. The van der Waals surface area contributed by atoms with E-state index >= 15 is 0 Å². The molecule has 0 saturated carbocycles. The van der Waals surface area contributed by atoms with Gasteiger partial charge in [-0.3, -0.25) is 13.9 Å². The molecule has 0 fully saturated rings. The molecule has 166 valence electrons. The van der Waals surface area contributed by atoms with Crippen molar-refractivity contribution in [3.63, 3.8) is 0 Å². The van der Waals surface area contributed by atoms with Crippen molar-refractivity contribution < 1.29 is 0 Å². The predicted molar refractivity (Wildman–Crippen MR) is 136 cm³/mol.